The van der Waals surface area contributed by atoms with E-state index in [2.05, 4.69) is 9.78 Å². The maximum Gasteiger partial charge on any atom is 0.222 e. The highest BCUT2D eigenvalue weighted by molar-refractivity contribution is 7.15. The van der Waals surface area contributed by atoms with Crippen LogP contribution in [-0.2, 0) is 17.8 Å². The molecule has 0 unspecified atom stereocenters. The van der Waals surface area contributed by atoms with Crippen molar-refractivity contribution in [2.24, 2.45) is 5.92 Å². The lowest BCUT2D eigenvalue weighted by atomic mass is 10.0. The van der Waals surface area contributed by atoms with E-state index in [0.717, 1.165) is 52.0 Å². The molecule has 7 nitrogen and oxygen atoms in total. The number of amides is 1. The topological polar surface area (TPSA) is 69.2 Å². The zero-order valence-electron chi connectivity index (χ0n) is 20.9. The smallest absolute Gasteiger partial charge is 0.222 e. The Bertz CT molecular complexity index is 1290. The van der Waals surface area contributed by atoms with Crippen LogP contribution in [0.15, 0.2) is 52.6 Å². The van der Waals surface area contributed by atoms with E-state index in [9.17, 15) is 4.79 Å². The minimum atomic E-state index is 0.206. The van der Waals surface area contributed by atoms with Gasteiger partial charge in [0.15, 0.2) is 4.96 Å². The molecule has 1 saturated carbocycles. The van der Waals surface area contributed by atoms with Crippen LogP contribution in [0.2, 0.25) is 0 Å². The van der Waals surface area contributed by atoms with Crippen molar-refractivity contribution >= 4 is 22.2 Å². The van der Waals surface area contributed by atoms with Crippen molar-refractivity contribution in [1.82, 2.24) is 14.3 Å². The Hall–Kier alpha value is -3.26. The first kappa shape index (κ1) is 24.4. The summed E-state index contributed by atoms with van der Waals surface area (Å²) in [6.07, 6.45) is 11.2. The standard InChI is InChI=1S/C28H33N3O4S/c1-33-22-10-11-26(34-2)24(16-22)25-18-31-21(19-36-28(31)29-25)13-14-30(17-23-8-5-15-35-23)27(32)12-9-20-6-3-4-7-20/h5,8,10-11,15-16,18-20H,3-4,6-7,9,12-14,17H2,1-2H3. The summed E-state index contributed by atoms with van der Waals surface area (Å²) in [4.78, 5) is 20.9. The highest BCUT2D eigenvalue weighted by Crippen LogP contribution is 2.34. The van der Waals surface area contributed by atoms with Crippen molar-refractivity contribution in [3.63, 3.8) is 0 Å². The predicted octanol–water partition coefficient (Wildman–Crippen LogP) is 6.21. The first-order chi connectivity index (χ1) is 17.6. The van der Waals surface area contributed by atoms with E-state index >= 15 is 0 Å². The summed E-state index contributed by atoms with van der Waals surface area (Å²) in [7, 11) is 3.31. The molecule has 1 amide bonds. The lowest BCUT2D eigenvalue weighted by Crippen LogP contribution is -2.32. The number of benzene rings is 1. The molecule has 0 bridgehead atoms. The Balaban J connectivity index is 1.32. The first-order valence-electron chi connectivity index (χ1n) is 12.6. The number of nitrogens with zero attached hydrogens (tertiary/aromatic N) is 3. The van der Waals surface area contributed by atoms with E-state index in [-0.39, 0.29) is 5.91 Å². The van der Waals surface area contributed by atoms with Gasteiger partial charge in [0.05, 0.1) is 32.7 Å². The van der Waals surface area contributed by atoms with E-state index in [1.54, 1.807) is 31.8 Å². The fraction of sp³-hybridized carbons (Fsp3) is 0.429. The molecule has 0 radical (unpaired) electrons. The number of thiazole rings is 1. The average molecular weight is 508 g/mol. The van der Waals surface area contributed by atoms with Crippen LogP contribution in [0.3, 0.4) is 0 Å². The van der Waals surface area contributed by atoms with Gasteiger partial charge in [0.2, 0.25) is 5.91 Å². The average Bonchev–Trinajstić information content (AvgIpc) is 3.71. The van der Waals surface area contributed by atoms with Gasteiger partial charge in [0.1, 0.15) is 17.3 Å². The largest absolute Gasteiger partial charge is 0.497 e. The zero-order chi connectivity index (χ0) is 24.9. The Labute approximate surface area is 215 Å². The van der Waals surface area contributed by atoms with Crippen molar-refractivity contribution in [3.05, 3.63) is 59.6 Å². The first-order valence-corrected chi connectivity index (χ1v) is 13.5. The molecule has 4 aromatic rings. The fourth-order valence-corrected chi connectivity index (χ4v) is 5.98. The van der Waals surface area contributed by atoms with Crippen molar-refractivity contribution in [2.75, 3.05) is 20.8 Å². The Morgan fingerprint density at radius 3 is 2.83 bits per heavy atom. The Morgan fingerprint density at radius 1 is 1.22 bits per heavy atom. The van der Waals surface area contributed by atoms with Gasteiger partial charge in [-0.15, -0.1) is 11.3 Å². The summed E-state index contributed by atoms with van der Waals surface area (Å²) in [6, 6.07) is 9.53. The Morgan fingerprint density at radius 2 is 2.08 bits per heavy atom. The molecule has 5 rings (SSSR count). The van der Waals surface area contributed by atoms with Crippen LogP contribution in [0.1, 0.15) is 50.0 Å². The van der Waals surface area contributed by atoms with Crippen LogP contribution in [0.4, 0.5) is 0 Å². The molecule has 1 aliphatic carbocycles. The van der Waals surface area contributed by atoms with E-state index in [1.807, 2.05) is 41.4 Å². The molecule has 3 heterocycles. The number of carbonyl (C=O) groups is 1. The summed E-state index contributed by atoms with van der Waals surface area (Å²) in [5, 5.41) is 2.13. The number of rotatable bonds is 11. The highest BCUT2D eigenvalue weighted by atomic mass is 32.1. The number of furan rings is 1. The number of hydrogen-bond acceptors (Lipinski definition) is 6. The molecular weight excluding hydrogens is 474 g/mol. The molecule has 190 valence electrons. The van der Waals surface area contributed by atoms with Crippen molar-refractivity contribution in [3.8, 4) is 22.8 Å². The van der Waals surface area contributed by atoms with Gasteiger partial charge in [0, 0.05) is 42.2 Å². The van der Waals surface area contributed by atoms with Crippen LogP contribution in [-0.4, -0.2) is 41.0 Å². The SMILES string of the molecule is COc1ccc(OC)c(-c2cn3c(CCN(Cc4ccco4)C(=O)CCC4CCCC4)csc3n2)c1. The monoisotopic (exact) mass is 507 g/mol. The molecule has 8 heteroatoms. The Kier molecular flexibility index (Phi) is 7.60. The van der Waals surface area contributed by atoms with Crippen LogP contribution in [0.25, 0.3) is 16.2 Å². The van der Waals surface area contributed by atoms with Gasteiger partial charge in [-0.1, -0.05) is 25.7 Å². The maximum absolute atomic E-state index is 13.2. The molecule has 1 aliphatic rings. The van der Waals surface area contributed by atoms with Crippen LogP contribution < -0.4 is 9.47 Å². The number of imidazole rings is 1. The van der Waals surface area contributed by atoms with Crippen LogP contribution in [0.5, 0.6) is 11.5 Å². The molecule has 0 atom stereocenters. The number of ether oxygens (including phenoxy) is 2. The van der Waals surface area contributed by atoms with E-state index < -0.39 is 0 Å². The summed E-state index contributed by atoms with van der Waals surface area (Å²) in [5.41, 5.74) is 2.85. The van der Waals surface area contributed by atoms with Gasteiger partial charge >= 0.3 is 0 Å². The van der Waals surface area contributed by atoms with Crippen molar-refractivity contribution in [2.45, 2.75) is 51.5 Å². The third-order valence-electron chi connectivity index (χ3n) is 7.12. The second kappa shape index (κ2) is 11.2. The summed E-state index contributed by atoms with van der Waals surface area (Å²) < 4.78 is 18.6. The van der Waals surface area contributed by atoms with Gasteiger partial charge in [-0.05, 0) is 42.7 Å². The third kappa shape index (κ3) is 5.43. The third-order valence-corrected chi connectivity index (χ3v) is 8.01. The minimum Gasteiger partial charge on any atom is -0.497 e. The summed E-state index contributed by atoms with van der Waals surface area (Å²) in [5.74, 6) is 3.23. The fourth-order valence-electron chi connectivity index (χ4n) is 5.07. The molecule has 0 saturated heterocycles. The minimum absolute atomic E-state index is 0.206. The second-order valence-corrected chi connectivity index (χ2v) is 10.2. The van der Waals surface area contributed by atoms with Crippen molar-refractivity contribution < 1.29 is 18.7 Å². The molecule has 0 aliphatic heterocycles. The predicted molar refractivity (Wildman–Crippen MR) is 141 cm³/mol. The summed E-state index contributed by atoms with van der Waals surface area (Å²) >= 11 is 1.60. The van der Waals surface area contributed by atoms with Crippen LogP contribution in [0, 0.1) is 5.92 Å². The van der Waals surface area contributed by atoms with Gasteiger partial charge in [-0.2, -0.15) is 0 Å². The lowest BCUT2D eigenvalue weighted by molar-refractivity contribution is -0.132. The molecule has 3 aromatic heterocycles. The molecule has 1 aromatic carbocycles. The van der Waals surface area contributed by atoms with Gasteiger partial charge < -0.3 is 18.8 Å². The zero-order valence-corrected chi connectivity index (χ0v) is 21.8. The quantitative estimate of drug-likeness (QED) is 0.241. The molecule has 0 N–H and O–H groups in total. The van der Waals surface area contributed by atoms with E-state index in [0.29, 0.717) is 25.4 Å². The van der Waals surface area contributed by atoms with E-state index in [4.69, 9.17) is 18.9 Å². The normalized spacial score (nSPS) is 13.9. The van der Waals surface area contributed by atoms with Crippen molar-refractivity contribution in [1.29, 1.82) is 0 Å². The molecule has 36 heavy (non-hydrogen) atoms. The number of carbonyl (C=O) groups excluding carboxylic acids is 1. The molecule has 0 spiro atoms. The van der Waals surface area contributed by atoms with Crippen LogP contribution >= 0.6 is 11.3 Å². The summed E-state index contributed by atoms with van der Waals surface area (Å²) in [6.45, 7) is 1.13. The maximum atomic E-state index is 13.2. The number of hydrogen-bond donors (Lipinski definition) is 0. The lowest BCUT2D eigenvalue weighted by Gasteiger charge is -2.22. The van der Waals surface area contributed by atoms with Gasteiger partial charge in [0.25, 0.3) is 0 Å². The number of aromatic nitrogens is 2. The molecular formula is C28H33N3O4S. The second-order valence-electron chi connectivity index (χ2n) is 9.41. The number of methoxy groups -OCH3 is 2. The van der Waals surface area contributed by atoms with Gasteiger partial charge in [-0.3, -0.25) is 9.20 Å². The highest BCUT2D eigenvalue weighted by Gasteiger charge is 2.21. The molecule has 1 fully saturated rings. The van der Waals surface area contributed by atoms with E-state index in [1.165, 1.54) is 25.7 Å². The number of fused-ring (bicyclic) bond motifs is 1. The van der Waals surface area contributed by atoms with Gasteiger partial charge in [-0.25, -0.2) is 4.98 Å².